The Hall–Kier alpha value is -4.37. The van der Waals surface area contributed by atoms with Crippen LogP contribution in [-0.2, 0) is 14.8 Å². The number of fused-ring (bicyclic) bond motifs is 1. The number of carbonyl (C=O) groups is 1. The molecule has 1 amide bonds. The van der Waals surface area contributed by atoms with Gasteiger partial charge in [-0.05, 0) is 55.0 Å². The van der Waals surface area contributed by atoms with E-state index in [2.05, 4.69) is 10.5 Å². The molecule has 0 unspecified atom stereocenters. The van der Waals surface area contributed by atoms with Crippen molar-refractivity contribution in [2.75, 3.05) is 17.5 Å². The van der Waals surface area contributed by atoms with Crippen molar-refractivity contribution >= 4 is 38.6 Å². The SMILES string of the molecule is CCOc1ccccc1N(CC(=O)N/N=C\c1c(O)ccc2ccccc12)S(=O)(=O)c1ccc(C)cc1. The quantitative estimate of drug-likeness (QED) is 0.249. The molecule has 0 aliphatic heterocycles. The number of amides is 1. The van der Waals surface area contributed by atoms with Gasteiger partial charge in [-0.25, -0.2) is 13.8 Å². The van der Waals surface area contributed by atoms with Crippen molar-refractivity contribution in [2.24, 2.45) is 5.10 Å². The molecule has 0 saturated heterocycles. The Bertz CT molecular complexity index is 1550. The van der Waals surface area contributed by atoms with Gasteiger partial charge in [0.2, 0.25) is 0 Å². The maximum absolute atomic E-state index is 13.6. The minimum absolute atomic E-state index is 0.00548. The van der Waals surface area contributed by atoms with Gasteiger partial charge in [-0.15, -0.1) is 0 Å². The lowest BCUT2D eigenvalue weighted by Crippen LogP contribution is -2.39. The van der Waals surface area contributed by atoms with E-state index in [9.17, 15) is 18.3 Å². The average Bonchev–Trinajstić information content (AvgIpc) is 2.89. The summed E-state index contributed by atoms with van der Waals surface area (Å²) in [5, 5.41) is 15.9. The Labute approximate surface area is 215 Å². The number of aryl methyl sites for hydroxylation is 1. The van der Waals surface area contributed by atoms with Crippen LogP contribution in [0.1, 0.15) is 18.1 Å². The van der Waals surface area contributed by atoms with E-state index in [1.807, 2.05) is 31.2 Å². The summed E-state index contributed by atoms with van der Waals surface area (Å²) in [6, 6.07) is 23.8. The molecule has 4 aromatic rings. The minimum atomic E-state index is -4.12. The molecular formula is C28H27N3O5S. The highest BCUT2D eigenvalue weighted by atomic mass is 32.2. The van der Waals surface area contributed by atoms with Crippen LogP contribution in [0.15, 0.2) is 94.9 Å². The van der Waals surface area contributed by atoms with Gasteiger partial charge >= 0.3 is 0 Å². The second-order valence-corrected chi connectivity index (χ2v) is 10.1. The molecule has 0 atom stereocenters. The van der Waals surface area contributed by atoms with Crippen LogP contribution in [0.25, 0.3) is 10.8 Å². The molecule has 0 spiro atoms. The number of carbonyl (C=O) groups excluding carboxylic acids is 1. The minimum Gasteiger partial charge on any atom is -0.507 e. The number of hydrazone groups is 1. The lowest BCUT2D eigenvalue weighted by molar-refractivity contribution is -0.119. The zero-order chi connectivity index (χ0) is 26.4. The third-order valence-corrected chi connectivity index (χ3v) is 7.43. The highest BCUT2D eigenvalue weighted by molar-refractivity contribution is 7.92. The van der Waals surface area contributed by atoms with Crippen LogP contribution >= 0.6 is 0 Å². The number of para-hydroxylation sites is 2. The maximum atomic E-state index is 13.6. The first-order valence-corrected chi connectivity index (χ1v) is 13.1. The summed E-state index contributed by atoms with van der Waals surface area (Å²) in [4.78, 5) is 13.0. The number of phenolic OH excluding ortho intramolecular Hbond substituents is 1. The van der Waals surface area contributed by atoms with Crippen LogP contribution in [0.3, 0.4) is 0 Å². The number of anilines is 1. The second kappa shape index (κ2) is 11.1. The van der Waals surface area contributed by atoms with Crippen molar-refractivity contribution in [1.29, 1.82) is 0 Å². The summed E-state index contributed by atoms with van der Waals surface area (Å²) >= 11 is 0. The third-order valence-electron chi connectivity index (χ3n) is 5.66. The first-order valence-electron chi connectivity index (χ1n) is 11.6. The van der Waals surface area contributed by atoms with Crippen LogP contribution in [0, 0.1) is 6.92 Å². The van der Waals surface area contributed by atoms with E-state index in [1.54, 1.807) is 55.5 Å². The number of aromatic hydroxyl groups is 1. The molecule has 4 aromatic carbocycles. The molecule has 0 aliphatic rings. The Balaban J connectivity index is 1.64. The fourth-order valence-corrected chi connectivity index (χ4v) is 5.26. The van der Waals surface area contributed by atoms with E-state index < -0.39 is 22.5 Å². The van der Waals surface area contributed by atoms with Crippen LogP contribution in [0.2, 0.25) is 0 Å². The number of rotatable bonds is 9. The van der Waals surface area contributed by atoms with Gasteiger partial charge in [0.15, 0.2) is 0 Å². The predicted molar refractivity (Wildman–Crippen MR) is 145 cm³/mol. The fourth-order valence-electron chi connectivity index (χ4n) is 3.83. The van der Waals surface area contributed by atoms with Gasteiger partial charge in [0.25, 0.3) is 15.9 Å². The molecule has 8 nitrogen and oxygen atoms in total. The number of sulfonamides is 1. The van der Waals surface area contributed by atoms with Crippen molar-refractivity contribution in [2.45, 2.75) is 18.7 Å². The van der Waals surface area contributed by atoms with Crippen LogP contribution in [0.5, 0.6) is 11.5 Å². The first-order chi connectivity index (χ1) is 17.8. The topological polar surface area (TPSA) is 108 Å². The molecule has 9 heteroatoms. The lowest BCUT2D eigenvalue weighted by atomic mass is 10.0. The first kappa shape index (κ1) is 25.7. The van der Waals surface area contributed by atoms with E-state index >= 15 is 0 Å². The molecule has 0 saturated carbocycles. The number of phenols is 1. The van der Waals surface area contributed by atoms with Gasteiger partial charge < -0.3 is 9.84 Å². The lowest BCUT2D eigenvalue weighted by Gasteiger charge is -2.25. The molecule has 0 radical (unpaired) electrons. The molecule has 0 aromatic heterocycles. The highest BCUT2D eigenvalue weighted by Crippen LogP contribution is 2.32. The Kier molecular flexibility index (Phi) is 7.74. The normalized spacial score (nSPS) is 11.5. The van der Waals surface area contributed by atoms with E-state index in [0.29, 0.717) is 17.9 Å². The molecule has 4 rings (SSSR count). The summed E-state index contributed by atoms with van der Waals surface area (Å²) in [7, 11) is -4.12. The predicted octanol–water partition coefficient (Wildman–Crippen LogP) is 4.60. The average molecular weight is 518 g/mol. The summed E-state index contributed by atoms with van der Waals surface area (Å²) in [5.41, 5.74) is 3.95. The monoisotopic (exact) mass is 517 g/mol. The fraction of sp³-hybridized carbons (Fsp3) is 0.143. The molecule has 2 N–H and O–H groups in total. The van der Waals surface area contributed by atoms with E-state index in [-0.39, 0.29) is 16.3 Å². The Morgan fingerprint density at radius 1 is 1.00 bits per heavy atom. The van der Waals surface area contributed by atoms with Gasteiger partial charge in [-0.2, -0.15) is 5.10 Å². The van der Waals surface area contributed by atoms with E-state index in [0.717, 1.165) is 20.6 Å². The van der Waals surface area contributed by atoms with E-state index in [1.165, 1.54) is 18.3 Å². The zero-order valence-electron chi connectivity index (χ0n) is 20.5. The van der Waals surface area contributed by atoms with Crippen molar-refractivity contribution in [3.63, 3.8) is 0 Å². The summed E-state index contributed by atoms with van der Waals surface area (Å²) in [5.74, 6) is -0.332. The molecule has 190 valence electrons. The van der Waals surface area contributed by atoms with Gasteiger partial charge in [-0.1, -0.05) is 60.2 Å². The van der Waals surface area contributed by atoms with Gasteiger partial charge in [0.1, 0.15) is 18.0 Å². The Morgan fingerprint density at radius 2 is 1.70 bits per heavy atom. The largest absolute Gasteiger partial charge is 0.507 e. The van der Waals surface area contributed by atoms with Crippen molar-refractivity contribution in [3.8, 4) is 11.5 Å². The number of benzene rings is 4. The molecule has 0 aliphatic carbocycles. The van der Waals surface area contributed by atoms with Gasteiger partial charge in [0.05, 0.1) is 23.4 Å². The van der Waals surface area contributed by atoms with Crippen molar-refractivity contribution in [3.05, 3.63) is 96.1 Å². The van der Waals surface area contributed by atoms with Gasteiger partial charge in [-0.3, -0.25) is 9.10 Å². The summed E-state index contributed by atoms with van der Waals surface area (Å²) < 4.78 is 33.9. The Morgan fingerprint density at radius 3 is 2.46 bits per heavy atom. The second-order valence-electron chi connectivity index (χ2n) is 8.24. The van der Waals surface area contributed by atoms with Crippen molar-refractivity contribution < 1.29 is 23.1 Å². The zero-order valence-corrected chi connectivity index (χ0v) is 21.3. The number of ether oxygens (including phenoxy) is 1. The van der Waals surface area contributed by atoms with E-state index in [4.69, 9.17) is 4.74 Å². The van der Waals surface area contributed by atoms with Gasteiger partial charge in [0, 0.05) is 5.56 Å². The molecule has 37 heavy (non-hydrogen) atoms. The number of hydrogen-bond acceptors (Lipinski definition) is 6. The van der Waals surface area contributed by atoms with Crippen molar-refractivity contribution in [1.82, 2.24) is 5.43 Å². The number of hydrogen-bond donors (Lipinski definition) is 2. The smallest absolute Gasteiger partial charge is 0.264 e. The van der Waals surface area contributed by atoms with Crippen LogP contribution < -0.4 is 14.5 Å². The standard InChI is InChI=1S/C28H27N3O5S/c1-3-36-27-11-7-6-10-25(27)31(37(34,35)22-15-12-20(2)13-16-22)19-28(33)30-29-18-24-23-9-5-4-8-21(23)14-17-26(24)32/h4-18,32H,3,19H2,1-2H3,(H,30,33)/b29-18-. The molecule has 0 fully saturated rings. The molecular weight excluding hydrogens is 490 g/mol. The number of nitrogens with zero attached hydrogens (tertiary/aromatic N) is 2. The third kappa shape index (κ3) is 5.73. The molecule has 0 bridgehead atoms. The van der Waals surface area contributed by atoms with Crippen LogP contribution in [0.4, 0.5) is 5.69 Å². The maximum Gasteiger partial charge on any atom is 0.264 e. The molecule has 0 heterocycles. The summed E-state index contributed by atoms with van der Waals surface area (Å²) in [6.07, 6.45) is 1.34. The highest BCUT2D eigenvalue weighted by Gasteiger charge is 2.29. The number of nitrogens with one attached hydrogen (secondary N) is 1. The van der Waals surface area contributed by atoms with Crippen LogP contribution in [-0.4, -0.2) is 38.8 Å². The summed E-state index contributed by atoms with van der Waals surface area (Å²) in [6.45, 7) is 3.43.